The molecule has 2 aromatic heterocycles. The van der Waals surface area contributed by atoms with Crippen LogP contribution in [0.3, 0.4) is 0 Å². The van der Waals surface area contributed by atoms with E-state index in [0.717, 1.165) is 16.8 Å². The molecule has 0 saturated heterocycles. The lowest BCUT2D eigenvalue weighted by atomic mass is 10.1. The molecule has 1 amide bonds. The van der Waals surface area contributed by atoms with Crippen LogP contribution in [0.2, 0.25) is 0 Å². The van der Waals surface area contributed by atoms with E-state index in [9.17, 15) is 4.79 Å². The van der Waals surface area contributed by atoms with Crippen LogP contribution >= 0.6 is 0 Å². The van der Waals surface area contributed by atoms with Crippen molar-refractivity contribution in [2.45, 2.75) is 0 Å². The molecule has 0 aliphatic carbocycles. The number of hydrogen-bond acceptors (Lipinski definition) is 3. The van der Waals surface area contributed by atoms with Gasteiger partial charge in [0.1, 0.15) is 0 Å². The van der Waals surface area contributed by atoms with Crippen LogP contribution in [-0.4, -0.2) is 15.9 Å². The SMILES string of the molecule is O=C(Nc1ccc(-c2ccncc2)cc1)c1cccnc1. The van der Waals surface area contributed by atoms with Crippen LogP contribution in [0.25, 0.3) is 11.1 Å². The smallest absolute Gasteiger partial charge is 0.257 e. The number of benzene rings is 1. The average Bonchev–Trinajstić information content (AvgIpc) is 2.57. The molecule has 0 spiro atoms. The van der Waals surface area contributed by atoms with Crippen molar-refractivity contribution in [1.82, 2.24) is 9.97 Å². The number of rotatable bonds is 3. The summed E-state index contributed by atoms with van der Waals surface area (Å²) in [5.41, 5.74) is 3.46. The van der Waals surface area contributed by atoms with Gasteiger partial charge >= 0.3 is 0 Å². The molecule has 0 fully saturated rings. The normalized spacial score (nSPS) is 10.1. The highest BCUT2D eigenvalue weighted by Gasteiger charge is 2.05. The first-order chi connectivity index (χ1) is 10.3. The van der Waals surface area contributed by atoms with E-state index in [1.54, 1.807) is 36.9 Å². The molecule has 3 aromatic rings. The van der Waals surface area contributed by atoms with E-state index in [2.05, 4.69) is 15.3 Å². The molecule has 1 N–H and O–H groups in total. The molecule has 0 saturated carbocycles. The number of nitrogens with zero attached hydrogens (tertiary/aromatic N) is 2. The molecule has 3 rings (SSSR count). The van der Waals surface area contributed by atoms with Crippen molar-refractivity contribution >= 4 is 11.6 Å². The third kappa shape index (κ3) is 3.12. The van der Waals surface area contributed by atoms with Crippen LogP contribution < -0.4 is 5.32 Å². The highest BCUT2D eigenvalue weighted by atomic mass is 16.1. The fourth-order valence-electron chi connectivity index (χ4n) is 1.99. The molecule has 0 unspecified atom stereocenters. The molecule has 0 aliphatic rings. The van der Waals surface area contributed by atoms with Crippen molar-refractivity contribution in [3.63, 3.8) is 0 Å². The van der Waals surface area contributed by atoms with Crippen LogP contribution in [0.1, 0.15) is 10.4 Å². The predicted octanol–water partition coefficient (Wildman–Crippen LogP) is 3.40. The first kappa shape index (κ1) is 13.0. The topological polar surface area (TPSA) is 54.9 Å². The van der Waals surface area contributed by atoms with Gasteiger partial charge in [-0.3, -0.25) is 14.8 Å². The molecule has 0 aliphatic heterocycles. The van der Waals surface area contributed by atoms with Gasteiger partial charge in [-0.05, 0) is 47.5 Å². The van der Waals surface area contributed by atoms with Crippen LogP contribution in [-0.2, 0) is 0 Å². The summed E-state index contributed by atoms with van der Waals surface area (Å²) in [6.45, 7) is 0. The van der Waals surface area contributed by atoms with Crippen molar-refractivity contribution in [1.29, 1.82) is 0 Å². The lowest BCUT2D eigenvalue weighted by Crippen LogP contribution is -2.11. The van der Waals surface area contributed by atoms with Gasteiger partial charge in [-0.15, -0.1) is 0 Å². The van der Waals surface area contributed by atoms with Crippen molar-refractivity contribution < 1.29 is 4.79 Å². The average molecular weight is 275 g/mol. The number of aromatic nitrogens is 2. The molecular weight excluding hydrogens is 262 g/mol. The Hall–Kier alpha value is -3.01. The number of amides is 1. The summed E-state index contributed by atoms with van der Waals surface area (Å²) in [6, 6.07) is 15.1. The Morgan fingerprint density at radius 2 is 1.52 bits per heavy atom. The van der Waals surface area contributed by atoms with E-state index >= 15 is 0 Å². The molecule has 21 heavy (non-hydrogen) atoms. The fourth-order valence-corrected chi connectivity index (χ4v) is 1.99. The van der Waals surface area contributed by atoms with Gasteiger partial charge in [0.2, 0.25) is 0 Å². The maximum Gasteiger partial charge on any atom is 0.257 e. The molecule has 102 valence electrons. The maximum atomic E-state index is 12.0. The van der Waals surface area contributed by atoms with Crippen LogP contribution in [0.5, 0.6) is 0 Å². The number of nitrogens with one attached hydrogen (secondary N) is 1. The van der Waals surface area contributed by atoms with E-state index in [1.807, 2.05) is 36.4 Å². The molecule has 0 atom stereocenters. The Morgan fingerprint density at radius 3 is 2.19 bits per heavy atom. The second-order valence-electron chi connectivity index (χ2n) is 4.51. The molecule has 1 aromatic carbocycles. The Balaban J connectivity index is 1.75. The van der Waals surface area contributed by atoms with E-state index in [-0.39, 0.29) is 5.91 Å². The minimum Gasteiger partial charge on any atom is -0.322 e. The summed E-state index contributed by atoms with van der Waals surface area (Å²) in [6.07, 6.45) is 6.70. The number of pyridine rings is 2. The Morgan fingerprint density at radius 1 is 0.810 bits per heavy atom. The number of hydrogen-bond donors (Lipinski definition) is 1. The third-order valence-electron chi connectivity index (χ3n) is 3.08. The zero-order chi connectivity index (χ0) is 14.5. The first-order valence-corrected chi connectivity index (χ1v) is 6.55. The van der Waals surface area contributed by atoms with Crippen LogP contribution in [0.15, 0.2) is 73.3 Å². The van der Waals surface area contributed by atoms with Gasteiger partial charge in [0.05, 0.1) is 5.56 Å². The second kappa shape index (κ2) is 5.96. The monoisotopic (exact) mass is 275 g/mol. The Kier molecular flexibility index (Phi) is 3.69. The summed E-state index contributed by atoms with van der Waals surface area (Å²) in [5.74, 6) is -0.167. The van der Waals surface area contributed by atoms with Gasteiger partial charge in [-0.2, -0.15) is 0 Å². The van der Waals surface area contributed by atoms with E-state index in [1.165, 1.54) is 0 Å². The zero-order valence-electron chi connectivity index (χ0n) is 11.2. The maximum absolute atomic E-state index is 12.0. The largest absolute Gasteiger partial charge is 0.322 e. The zero-order valence-corrected chi connectivity index (χ0v) is 11.2. The molecule has 4 nitrogen and oxygen atoms in total. The van der Waals surface area contributed by atoms with Gasteiger partial charge in [0.25, 0.3) is 5.91 Å². The van der Waals surface area contributed by atoms with Crippen molar-refractivity contribution in [3.8, 4) is 11.1 Å². The lowest BCUT2D eigenvalue weighted by Gasteiger charge is -2.06. The van der Waals surface area contributed by atoms with Gasteiger partial charge < -0.3 is 5.32 Å². The molecule has 4 heteroatoms. The van der Waals surface area contributed by atoms with E-state index in [0.29, 0.717) is 5.56 Å². The summed E-state index contributed by atoms with van der Waals surface area (Å²) in [4.78, 5) is 19.9. The molecule has 0 bridgehead atoms. The number of anilines is 1. The predicted molar refractivity (Wildman–Crippen MR) is 81.9 cm³/mol. The minimum atomic E-state index is -0.167. The van der Waals surface area contributed by atoms with E-state index < -0.39 is 0 Å². The number of carbonyl (C=O) groups excluding carboxylic acids is 1. The second-order valence-corrected chi connectivity index (χ2v) is 4.51. The summed E-state index contributed by atoms with van der Waals surface area (Å²) in [7, 11) is 0. The highest BCUT2D eigenvalue weighted by Crippen LogP contribution is 2.20. The molecule has 0 radical (unpaired) electrons. The van der Waals surface area contributed by atoms with Gasteiger partial charge in [-0.25, -0.2) is 0 Å². The standard InChI is InChI=1S/C17H13N3O/c21-17(15-2-1-9-19-12-15)20-16-5-3-13(4-6-16)14-7-10-18-11-8-14/h1-12H,(H,20,21). The van der Waals surface area contributed by atoms with Gasteiger partial charge in [0, 0.05) is 30.5 Å². The van der Waals surface area contributed by atoms with Crippen molar-refractivity contribution in [2.75, 3.05) is 5.32 Å². The lowest BCUT2D eigenvalue weighted by molar-refractivity contribution is 0.102. The first-order valence-electron chi connectivity index (χ1n) is 6.55. The van der Waals surface area contributed by atoms with E-state index in [4.69, 9.17) is 0 Å². The number of carbonyl (C=O) groups is 1. The Labute approximate surface area is 122 Å². The van der Waals surface area contributed by atoms with Gasteiger partial charge in [0.15, 0.2) is 0 Å². The van der Waals surface area contributed by atoms with Gasteiger partial charge in [-0.1, -0.05) is 12.1 Å². The highest BCUT2D eigenvalue weighted by molar-refractivity contribution is 6.04. The fraction of sp³-hybridized carbons (Fsp3) is 0. The summed E-state index contributed by atoms with van der Waals surface area (Å²) < 4.78 is 0. The molecular formula is C17H13N3O. The third-order valence-corrected chi connectivity index (χ3v) is 3.08. The molecule has 2 heterocycles. The Bertz CT molecular complexity index is 725. The summed E-state index contributed by atoms with van der Waals surface area (Å²) >= 11 is 0. The minimum absolute atomic E-state index is 0.167. The van der Waals surface area contributed by atoms with Crippen LogP contribution in [0, 0.1) is 0 Å². The van der Waals surface area contributed by atoms with Crippen LogP contribution in [0.4, 0.5) is 5.69 Å². The summed E-state index contributed by atoms with van der Waals surface area (Å²) in [5, 5.41) is 2.85. The quantitative estimate of drug-likeness (QED) is 0.797. The van der Waals surface area contributed by atoms with Crippen molar-refractivity contribution in [3.05, 3.63) is 78.9 Å². The van der Waals surface area contributed by atoms with Crippen molar-refractivity contribution in [2.24, 2.45) is 0 Å².